The zero-order chi connectivity index (χ0) is 14.8. The van der Waals surface area contributed by atoms with Gasteiger partial charge in [-0.05, 0) is 59.8 Å². The molecule has 1 atom stereocenters. The number of halogens is 2. The molecule has 0 N–H and O–H groups in total. The highest BCUT2D eigenvalue weighted by Crippen LogP contribution is 2.26. The lowest BCUT2D eigenvalue weighted by Gasteiger charge is -2.17. The minimum Gasteiger partial charge on any atom is -0.319 e. The van der Waals surface area contributed by atoms with Gasteiger partial charge in [-0.25, -0.2) is 4.98 Å². The second-order valence-corrected chi connectivity index (χ2v) is 6.52. The third-order valence-corrected chi connectivity index (χ3v) is 4.41. The van der Waals surface area contributed by atoms with Crippen LogP contribution in [0.3, 0.4) is 0 Å². The van der Waals surface area contributed by atoms with Gasteiger partial charge in [-0.2, -0.15) is 0 Å². The second-order valence-electron chi connectivity index (χ2n) is 4.90. The van der Waals surface area contributed by atoms with Crippen molar-refractivity contribution < 1.29 is 0 Å². The fourth-order valence-corrected chi connectivity index (χ4v) is 3.21. The summed E-state index contributed by atoms with van der Waals surface area (Å²) in [5, 5.41) is 0. The Morgan fingerprint density at radius 3 is 2.86 bits per heavy atom. The molecule has 0 bridgehead atoms. The first kappa shape index (κ1) is 14.8. The number of aryl methyl sites for hydroxylation is 1. The van der Waals surface area contributed by atoms with E-state index in [4.69, 9.17) is 16.6 Å². The third-order valence-electron chi connectivity index (χ3n) is 3.55. The summed E-state index contributed by atoms with van der Waals surface area (Å²) in [6.45, 7) is 2.15. The number of hydrogen-bond acceptors (Lipinski definition) is 2. The Bertz CT molecular complexity index is 755. The molecule has 0 amide bonds. The fraction of sp³-hybridized carbons (Fsp3) is 0.250. The van der Waals surface area contributed by atoms with Gasteiger partial charge < -0.3 is 4.57 Å². The molecule has 108 valence electrons. The maximum absolute atomic E-state index is 5.95. The first-order valence-corrected chi connectivity index (χ1v) is 8.45. The highest BCUT2D eigenvalue weighted by Gasteiger charge is 2.17. The molecular formula is C16H15ClIN3. The molecule has 3 rings (SSSR count). The Balaban J connectivity index is 2.17. The lowest BCUT2D eigenvalue weighted by molar-refractivity contribution is 0.607. The van der Waals surface area contributed by atoms with Gasteiger partial charge in [-0.15, -0.1) is 11.6 Å². The normalized spacial score (nSPS) is 12.7. The predicted molar refractivity (Wildman–Crippen MR) is 94.9 cm³/mol. The molecule has 0 fully saturated rings. The number of rotatable bonds is 4. The van der Waals surface area contributed by atoms with Crippen molar-refractivity contribution in [2.75, 3.05) is 5.88 Å². The Kier molecular flexibility index (Phi) is 4.45. The van der Waals surface area contributed by atoms with Crippen LogP contribution in [0.5, 0.6) is 0 Å². The van der Waals surface area contributed by atoms with Crippen molar-refractivity contribution in [2.24, 2.45) is 0 Å². The first-order chi connectivity index (χ1) is 10.2. The van der Waals surface area contributed by atoms with E-state index in [9.17, 15) is 0 Å². The van der Waals surface area contributed by atoms with Crippen molar-refractivity contribution in [3.63, 3.8) is 0 Å². The van der Waals surface area contributed by atoms with Gasteiger partial charge in [0.05, 0.1) is 22.8 Å². The molecule has 0 radical (unpaired) electrons. The molecule has 0 aliphatic heterocycles. The minimum atomic E-state index is 0.134. The summed E-state index contributed by atoms with van der Waals surface area (Å²) in [4.78, 5) is 9.23. The van der Waals surface area contributed by atoms with Gasteiger partial charge in [-0.3, -0.25) is 4.98 Å². The van der Waals surface area contributed by atoms with E-state index in [1.807, 2.05) is 24.4 Å². The van der Waals surface area contributed by atoms with Gasteiger partial charge in [0.15, 0.2) is 0 Å². The van der Waals surface area contributed by atoms with Crippen molar-refractivity contribution >= 4 is 45.2 Å². The lowest BCUT2D eigenvalue weighted by atomic mass is 10.2. The molecule has 1 unspecified atom stereocenters. The van der Waals surface area contributed by atoms with Gasteiger partial charge in [0.2, 0.25) is 0 Å². The van der Waals surface area contributed by atoms with Crippen molar-refractivity contribution in [1.82, 2.24) is 14.5 Å². The molecule has 0 saturated carbocycles. The van der Waals surface area contributed by atoms with E-state index in [1.165, 1.54) is 3.57 Å². The number of aromatic nitrogens is 3. The Morgan fingerprint density at radius 2 is 2.14 bits per heavy atom. The molecule has 2 heterocycles. The van der Waals surface area contributed by atoms with Gasteiger partial charge in [0.1, 0.15) is 5.82 Å². The van der Waals surface area contributed by atoms with Gasteiger partial charge in [-0.1, -0.05) is 6.07 Å². The quantitative estimate of drug-likeness (QED) is 0.470. The number of alkyl halides is 1. The number of fused-ring (bicyclic) bond motifs is 1. The average molecular weight is 412 g/mol. The Morgan fingerprint density at radius 1 is 1.29 bits per heavy atom. The summed E-state index contributed by atoms with van der Waals surface area (Å²) in [6.07, 6.45) is 2.58. The molecule has 1 aromatic carbocycles. The number of hydrogen-bond donors (Lipinski definition) is 0. The van der Waals surface area contributed by atoms with Crippen molar-refractivity contribution in [1.29, 1.82) is 0 Å². The van der Waals surface area contributed by atoms with Crippen LogP contribution in [0, 0.1) is 3.57 Å². The van der Waals surface area contributed by atoms with E-state index in [2.05, 4.69) is 57.3 Å². The second kappa shape index (κ2) is 6.32. The van der Waals surface area contributed by atoms with Gasteiger partial charge >= 0.3 is 0 Å². The zero-order valence-corrected chi connectivity index (χ0v) is 14.5. The van der Waals surface area contributed by atoms with Crippen molar-refractivity contribution in [2.45, 2.75) is 19.4 Å². The molecular weight excluding hydrogens is 397 g/mol. The monoisotopic (exact) mass is 411 g/mol. The maximum Gasteiger partial charge on any atom is 0.111 e. The summed E-state index contributed by atoms with van der Waals surface area (Å²) < 4.78 is 3.43. The Hall–Kier alpha value is -1.14. The first-order valence-electron chi connectivity index (χ1n) is 6.84. The molecule has 3 aromatic rings. The van der Waals surface area contributed by atoms with Crippen LogP contribution in [0.4, 0.5) is 0 Å². The van der Waals surface area contributed by atoms with E-state index in [1.54, 1.807) is 0 Å². The molecule has 21 heavy (non-hydrogen) atoms. The molecule has 0 aliphatic rings. The number of pyridine rings is 1. The average Bonchev–Trinajstić information content (AvgIpc) is 2.85. The van der Waals surface area contributed by atoms with Gasteiger partial charge in [0, 0.05) is 22.1 Å². The summed E-state index contributed by atoms with van der Waals surface area (Å²) >= 11 is 8.26. The SMILES string of the molecule is CC(c1ccccn1)n1c(CCCl)nc2cc(I)ccc21. The van der Waals surface area contributed by atoms with Crippen LogP contribution in [-0.4, -0.2) is 20.4 Å². The molecule has 0 saturated heterocycles. The largest absolute Gasteiger partial charge is 0.319 e. The smallest absolute Gasteiger partial charge is 0.111 e. The summed E-state index contributed by atoms with van der Waals surface area (Å²) in [5.74, 6) is 1.58. The lowest BCUT2D eigenvalue weighted by Crippen LogP contribution is -2.12. The molecule has 3 nitrogen and oxygen atoms in total. The number of benzene rings is 1. The minimum absolute atomic E-state index is 0.134. The summed E-state index contributed by atoms with van der Waals surface area (Å²) in [6, 6.07) is 12.5. The predicted octanol–water partition coefficient (Wildman–Crippen LogP) is 4.43. The highest BCUT2D eigenvalue weighted by molar-refractivity contribution is 14.1. The molecule has 2 aromatic heterocycles. The van der Waals surface area contributed by atoms with Crippen LogP contribution in [-0.2, 0) is 6.42 Å². The standard InChI is InChI=1S/C16H15ClIN3/c1-11(13-4-2-3-9-19-13)21-15-6-5-12(18)10-14(15)20-16(21)7-8-17/h2-6,9-11H,7-8H2,1H3. The zero-order valence-electron chi connectivity index (χ0n) is 11.6. The van der Waals surface area contributed by atoms with E-state index in [-0.39, 0.29) is 6.04 Å². The topological polar surface area (TPSA) is 30.7 Å². The molecule has 5 heteroatoms. The van der Waals surface area contributed by atoms with Crippen molar-refractivity contribution in [3.8, 4) is 0 Å². The van der Waals surface area contributed by atoms with Crippen LogP contribution < -0.4 is 0 Å². The number of nitrogens with zero attached hydrogens (tertiary/aromatic N) is 3. The molecule has 0 aliphatic carbocycles. The van der Waals surface area contributed by atoms with Gasteiger partial charge in [0.25, 0.3) is 0 Å². The fourth-order valence-electron chi connectivity index (χ4n) is 2.57. The summed E-state index contributed by atoms with van der Waals surface area (Å²) in [5.41, 5.74) is 3.18. The van der Waals surface area contributed by atoms with Crippen LogP contribution in [0.25, 0.3) is 11.0 Å². The van der Waals surface area contributed by atoms with E-state index < -0.39 is 0 Å². The highest BCUT2D eigenvalue weighted by atomic mass is 127. The molecule has 0 spiro atoms. The van der Waals surface area contributed by atoms with E-state index >= 15 is 0 Å². The van der Waals surface area contributed by atoms with Crippen LogP contribution in [0.2, 0.25) is 0 Å². The van der Waals surface area contributed by atoms with Crippen LogP contribution in [0.1, 0.15) is 24.5 Å². The number of imidazole rings is 1. The van der Waals surface area contributed by atoms with E-state index in [0.29, 0.717) is 5.88 Å². The van der Waals surface area contributed by atoms with Crippen molar-refractivity contribution in [3.05, 3.63) is 57.7 Å². The third kappa shape index (κ3) is 2.92. The van der Waals surface area contributed by atoms with Crippen LogP contribution >= 0.6 is 34.2 Å². The maximum atomic E-state index is 5.95. The summed E-state index contributed by atoms with van der Waals surface area (Å²) in [7, 11) is 0. The van der Waals surface area contributed by atoms with Crippen LogP contribution in [0.15, 0.2) is 42.6 Å². The van der Waals surface area contributed by atoms with E-state index in [0.717, 1.165) is 29.0 Å². The Labute approximate surface area is 142 Å².